The standard InChI is InChI=1S/C17H22F2N2O4/c1-9(2)14(16(23)20-12(17(24)25)8-13(18)19)21-15(22)11-7-5-4-6-10(11)3/h4-7,9,12-14H,8H2,1-3H3,(H,20,23)(H,21,22)(H,24,25). The molecule has 1 aromatic rings. The molecule has 1 aromatic carbocycles. The van der Waals surface area contributed by atoms with Gasteiger partial charge in [0.25, 0.3) is 5.91 Å². The molecule has 8 heteroatoms. The fourth-order valence-electron chi connectivity index (χ4n) is 2.24. The van der Waals surface area contributed by atoms with Gasteiger partial charge in [0, 0.05) is 12.0 Å². The first-order valence-corrected chi connectivity index (χ1v) is 7.81. The van der Waals surface area contributed by atoms with E-state index < -0.39 is 42.7 Å². The van der Waals surface area contributed by atoms with E-state index in [1.807, 2.05) is 0 Å². The van der Waals surface area contributed by atoms with E-state index in [0.29, 0.717) is 11.1 Å². The Hall–Kier alpha value is -2.51. The highest BCUT2D eigenvalue weighted by Crippen LogP contribution is 2.11. The Morgan fingerprint density at radius 3 is 2.20 bits per heavy atom. The number of hydrogen-bond acceptors (Lipinski definition) is 3. The lowest BCUT2D eigenvalue weighted by molar-refractivity contribution is -0.143. The topological polar surface area (TPSA) is 95.5 Å². The Labute approximate surface area is 144 Å². The number of hydrogen-bond donors (Lipinski definition) is 3. The van der Waals surface area contributed by atoms with E-state index in [1.54, 1.807) is 45.0 Å². The fourth-order valence-corrected chi connectivity index (χ4v) is 2.24. The summed E-state index contributed by atoms with van der Waals surface area (Å²) in [6, 6.07) is 4.01. The van der Waals surface area contributed by atoms with E-state index in [1.165, 1.54) is 0 Å². The van der Waals surface area contributed by atoms with Crippen LogP contribution in [0.15, 0.2) is 24.3 Å². The van der Waals surface area contributed by atoms with Crippen molar-refractivity contribution in [2.45, 2.75) is 45.7 Å². The molecule has 25 heavy (non-hydrogen) atoms. The summed E-state index contributed by atoms with van der Waals surface area (Å²) in [5.74, 6) is -3.23. The monoisotopic (exact) mass is 356 g/mol. The van der Waals surface area contributed by atoms with Gasteiger partial charge in [0.05, 0.1) is 0 Å². The molecule has 0 aliphatic rings. The van der Waals surface area contributed by atoms with E-state index >= 15 is 0 Å². The Bertz CT molecular complexity index is 635. The van der Waals surface area contributed by atoms with Crippen LogP contribution in [0, 0.1) is 12.8 Å². The number of carboxylic acid groups (broad SMARTS) is 1. The van der Waals surface area contributed by atoms with Crippen molar-refractivity contribution in [2.24, 2.45) is 5.92 Å². The maximum atomic E-state index is 12.4. The molecular formula is C17H22F2N2O4. The minimum Gasteiger partial charge on any atom is -0.480 e. The zero-order valence-corrected chi connectivity index (χ0v) is 14.3. The summed E-state index contributed by atoms with van der Waals surface area (Å²) in [4.78, 5) is 35.7. The lowest BCUT2D eigenvalue weighted by atomic mass is 10.0. The molecule has 0 aliphatic carbocycles. The molecule has 0 bridgehead atoms. The number of aryl methyl sites for hydroxylation is 1. The van der Waals surface area contributed by atoms with Crippen LogP contribution in [0.1, 0.15) is 36.2 Å². The van der Waals surface area contributed by atoms with Crippen LogP contribution >= 0.6 is 0 Å². The lowest BCUT2D eigenvalue weighted by Crippen LogP contribution is -2.54. The molecule has 3 N–H and O–H groups in total. The van der Waals surface area contributed by atoms with Gasteiger partial charge in [0.1, 0.15) is 12.1 Å². The van der Waals surface area contributed by atoms with Gasteiger partial charge in [-0.3, -0.25) is 9.59 Å². The number of carboxylic acids is 1. The van der Waals surface area contributed by atoms with Gasteiger partial charge >= 0.3 is 5.97 Å². The van der Waals surface area contributed by atoms with Crippen molar-refractivity contribution in [3.8, 4) is 0 Å². The summed E-state index contributed by atoms with van der Waals surface area (Å²) in [6.07, 6.45) is -3.88. The Balaban J connectivity index is 2.88. The third-order valence-electron chi connectivity index (χ3n) is 3.65. The Morgan fingerprint density at radius 2 is 1.72 bits per heavy atom. The molecule has 2 amide bonds. The van der Waals surface area contributed by atoms with Crippen LogP contribution in [0.2, 0.25) is 0 Å². The van der Waals surface area contributed by atoms with E-state index in [4.69, 9.17) is 5.11 Å². The van der Waals surface area contributed by atoms with E-state index in [2.05, 4.69) is 10.6 Å². The highest BCUT2D eigenvalue weighted by Gasteiger charge is 2.30. The van der Waals surface area contributed by atoms with Gasteiger partial charge in [0.15, 0.2) is 0 Å². The van der Waals surface area contributed by atoms with Gasteiger partial charge in [-0.05, 0) is 24.5 Å². The first kappa shape index (κ1) is 20.5. The van der Waals surface area contributed by atoms with Crippen LogP contribution in [0.5, 0.6) is 0 Å². The zero-order valence-electron chi connectivity index (χ0n) is 14.3. The maximum Gasteiger partial charge on any atom is 0.326 e. The quantitative estimate of drug-likeness (QED) is 0.664. The molecular weight excluding hydrogens is 334 g/mol. The highest BCUT2D eigenvalue weighted by atomic mass is 19.3. The number of benzene rings is 1. The number of alkyl halides is 2. The van der Waals surface area contributed by atoms with Gasteiger partial charge < -0.3 is 15.7 Å². The van der Waals surface area contributed by atoms with Crippen molar-refractivity contribution in [3.63, 3.8) is 0 Å². The second-order valence-electron chi connectivity index (χ2n) is 6.04. The second-order valence-corrected chi connectivity index (χ2v) is 6.04. The number of carbonyl (C=O) groups is 3. The van der Waals surface area contributed by atoms with Crippen LogP contribution < -0.4 is 10.6 Å². The summed E-state index contributed by atoms with van der Waals surface area (Å²) in [7, 11) is 0. The lowest BCUT2D eigenvalue weighted by Gasteiger charge is -2.24. The van der Waals surface area contributed by atoms with E-state index in [-0.39, 0.29) is 5.92 Å². The molecule has 0 radical (unpaired) electrons. The van der Waals surface area contributed by atoms with Crippen molar-refractivity contribution in [3.05, 3.63) is 35.4 Å². The summed E-state index contributed by atoms with van der Waals surface area (Å²) >= 11 is 0. The molecule has 0 saturated carbocycles. The molecule has 0 fully saturated rings. The number of halogens is 2. The number of aliphatic carboxylic acids is 1. The molecule has 0 spiro atoms. The van der Waals surface area contributed by atoms with Gasteiger partial charge in [0.2, 0.25) is 12.3 Å². The van der Waals surface area contributed by atoms with E-state index in [0.717, 1.165) is 0 Å². The van der Waals surface area contributed by atoms with Crippen molar-refractivity contribution >= 4 is 17.8 Å². The average molecular weight is 356 g/mol. The SMILES string of the molecule is Cc1ccccc1C(=O)NC(C(=O)NC(CC(F)F)C(=O)O)C(C)C. The van der Waals surface area contributed by atoms with Crippen LogP contribution in [0.4, 0.5) is 8.78 Å². The third kappa shape index (κ3) is 6.13. The zero-order chi connectivity index (χ0) is 19.1. The molecule has 0 saturated heterocycles. The summed E-state index contributed by atoms with van der Waals surface area (Å²) in [6.45, 7) is 5.05. The number of carbonyl (C=O) groups excluding carboxylic acids is 2. The summed E-state index contributed by atoms with van der Waals surface area (Å²) in [5.41, 5.74) is 1.09. The van der Waals surface area contributed by atoms with Crippen molar-refractivity contribution < 1.29 is 28.3 Å². The van der Waals surface area contributed by atoms with E-state index in [9.17, 15) is 23.2 Å². The Morgan fingerprint density at radius 1 is 1.12 bits per heavy atom. The molecule has 6 nitrogen and oxygen atoms in total. The van der Waals surface area contributed by atoms with Crippen LogP contribution in [-0.4, -0.2) is 41.4 Å². The number of amides is 2. The predicted molar refractivity (Wildman–Crippen MR) is 87.5 cm³/mol. The average Bonchev–Trinajstić information content (AvgIpc) is 2.51. The van der Waals surface area contributed by atoms with Gasteiger partial charge in [-0.25, -0.2) is 13.6 Å². The van der Waals surface area contributed by atoms with Gasteiger partial charge in [-0.15, -0.1) is 0 Å². The van der Waals surface area contributed by atoms with Crippen LogP contribution in [-0.2, 0) is 9.59 Å². The predicted octanol–water partition coefficient (Wildman–Crippen LogP) is 1.97. The van der Waals surface area contributed by atoms with Gasteiger partial charge in [-0.1, -0.05) is 32.0 Å². The molecule has 0 heterocycles. The summed E-state index contributed by atoms with van der Waals surface area (Å²) in [5, 5.41) is 13.6. The Kier molecular flexibility index (Phi) is 7.47. The summed E-state index contributed by atoms with van der Waals surface area (Å²) < 4.78 is 24.9. The van der Waals surface area contributed by atoms with Crippen molar-refractivity contribution in [1.82, 2.24) is 10.6 Å². The third-order valence-corrected chi connectivity index (χ3v) is 3.65. The number of rotatable bonds is 8. The normalized spacial score (nSPS) is 13.4. The minimum absolute atomic E-state index is 0.367. The molecule has 1 rings (SSSR count). The molecule has 2 atom stereocenters. The van der Waals surface area contributed by atoms with Crippen LogP contribution in [0.3, 0.4) is 0 Å². The smallest absolute Gasteiger partial charge is 0.326 e. The van der Waals surface area contributed by atoms with Crippen LogP contribution in [0.25, 0.3) is 0 Å². The van der Waals surface area contributed by atoms with Crippen molar-refractivity contribution in [1.29, 1.82) is 0 Å². The fraction of sp³-hybridized carbons (Fsp3) is 0.471. The highest BCUT2D eigenvalue weighted by molar-refractivity contribution is 5.99. The first-order valence-electron chi connectivity index (χ1n) is 7.81. The number of nitrogens with one attached hydrogen (secondary N) is 2. The second kappa shape index (κ2) is 9.10. The minimum atomic E-state index is -2.87. The maximum absolute atomic E-state index is 12.4. The largest absolute Gasteiger partial charge is 0.480 e. The first-order chi connectivity index (χ1) is 11.6. The molecule has 2 unspecified atom stereocenters. The van der Waals surface area contributed by atoms with Crippen molar-refractivity contribution in [2.75, 3.05) is 0 Å². The molecule has 0 aromatic heterocycles. The van der Waals surface area contributed by atoms with Gasteiger partial charge in [-0.2, -0.15) is 0 Å². The molecule has 138 valence electrons. The molecule has 0 aliphatic heterocycles.